The fourth-order valence-electron chi connectivity index (χ4n) is 1.12. The van der Waals surface area contributed by atoms with Gasteiger partial charge in [-0.25, -0.2) is 14.1 Å². The highest BCUT2D eigenvalue weighted by Crippen LogP contribution is 2.14. The monoisotopic (exact) mass is 218 g/mol. The van der Waals surface area contributed by atoms with E-state index in [1.807, 2.05) is 13.8 Å². The van der Waals surface area contributed by atoms with E-state index in [-0.39, 0.29) is 17.7 Å². The fourth-order valence-corrected chi connectivity index (χ4v) is 1.64. The molecule has 1 unspecified atom stereocenters. The molecule has 0 amide bonds. The molecule has 1 aromatic rings. The summed E-state index contributed by atoms with van der Waals surface area (Å²) in [6, 6.07) is 1.43. The molecule has 0 aliphatic heterocycles. The minimum absolute atomic E-state index is 0.00949. The normalized spacial score (nSPS) is 15.8. The maximum atomic E-state index is 11.2. The minimum atomic E-state index is -3.29. The van der Waals surface area contributed by atoms with Crippen molar-refractivity contribution in [1.29, 1.82) is 4.78 Å². The van der Waals surface area contributed by atoms with Crippen LogP contribution in [0.15, 0.2) is 11.1 Å². The molecule has 0 radical (unpaired) electrons. The lowest BCUT2D eigenvalue weighted by atomic mass is 10.3. The Morgan fingerprint density at radius 3 is 2.64 bits per heavy atom. The van der Waals surface area contributed by atoms with E-state index in [0.29, 0.717) is 5.69 Å². The van der Waals surface area contributed by atoms with Gasteiger partial charge in [-0.05, 0) is 13.8 Å². The largest absolute Gasteiger partial charge is 0.390 e. The molecule has 0 aliphatic carbocycles. The highest BCUT2D eigenvalue weighted by molar-refractivity contribution is 7.90. The van der Waals surface area contributed by atoms with Crippen LogP contribution in [-0.2, 0) is 16.5 Å². The van der Waals surface area contributed by atoms with Crippen LogP contribution in [-0.4, -0.2) is 19.1 Å². The number of nitrogens with zero attached hydrogens (tertiary/aromatic N) is 2. The summed E-state index contributed by atoms with van der Waals surface area (Å²) >= 11 is 0. The Bertz CT molecular complexity index is 421. The van der Waals surface area contributed by atoms with Crippen LogP contribution in [0.2, 0.25) is 0 Å². The van der Waals surface area contributed by atoms with Crippen LogP contribution in [0.5, 0.6) is 0 Å². The summed E-state index contributed by atoms with van der Waals surface area (Å²) in [6.45, 7) is 3.54. The summed E-state index contributed by atoms with van der Waals surface area (Å²) in [6.07, 6.45) is 0. The molecule has 0 spiro atoms. The molecule has 0 aromatic carbocycles. The van der Waals surface area contributed by atoms with Crippen molar-refractivity contribution >= 4 is 9.92 Å². The molecule has 0 fully saturated rings. The van der Waals surface area contributed by atoms with Crippen molar-refractivity contribution in [2.75, 3.05) is 0 Å². The Kier molecular flexibility index (Phi) is 2.93. The van der Waals surface area contributed by atoms with Crippen LogP contribution in [0.3, 0.4) is 0 Å². The van der Waals surface area contributed by atoms with Gasteiger partial charge in [-0.15, -0.1) is 0 Å². The van der Waals surface area contributed by atoms with Crippen molar-refractivity contribution in [3.8, 4) is 0 Å². The van der Waals surface area contributed by atoms with Crippen LogP contribution in [0.1, 0.15) is 25.6 Å². The molecule has 1 heterocycles. The number of hydrogen-bond donors (Lipinski definition) is 3. The van der Waals surface area contributed by atoms with Crippen LogP contribution >= 0.6 is 0 Å². The fraction of sp³-hybridized carbons (Fsp3) is 0.571. The van der Waals surface area contributed by atoms with E-state index in [9.17, 15) is 4.21 Å². The molecule has 0 saturated carbocycles. The average molecular weight is 218 g/mol. The second kappa shape index (κ2) is 3.68. The number of aliphatic hydroxyl groups excluding tert-OH is 1. The smallest absolute Gasteiger partial charge is 0.172 e. The zero-order chi connectivity index (χ0) is 10.9. The minimum Gasteiger partial charge on any atom is -0.390 e. The third kappa shape index (κ3) is 2.11. The third-order valence-electron chi connectivity index (χ3n) is 1.75. The Labute approximate surface area is 82.8 Å². The molecule has 1 aromatic heterocycles. The van der Waals surface area contributed by atoms with Crippen LogP contribution in [0.4, 0.5) is 0 Å². The van der Waals surface area contributed by atoms with Gasteiger partial charge in [0, 0.05) is 12.1 Å². The van der Waals surface area contributed by atoms with E-state index >= 15 is 0 Å². The Morgan fingerprint density at radius 2 is 2.36 bits per heavy atom. The first-order chi connectivity index (χ1) is 6.36. The van der Waals surface area contributed by atoms with Gasteiger partial charge < -0.3 is 5.11 Å². The van der Waals surface area contributed by atoms with Crippen LogP contribution in [0, 0.1) is 4.78 Å². The van der Waals surface area contributed by atoms with Crippen molar-refractivity contribution in [3.05, 3.63) is 11.8 Å². The Morgan fingerprint density at radius 1 is 1.79 bits per heavy atom. The topological polar surface area (TPSA) is 105 Å². The molecular formula is C7H14N4O2S. The second-order valence-electron chi connectivity index (χ2n) is 3.27. The molecule has 1 atom stereocenters. The first kappa shape index (κ1) is 11.2. The molecular weight excluding hydrogens is 204 g/mol. The maximum Gasteiger partial charge on any atom is 0.172 e. The molecule has 1 rings (SSSR count). The van der Waals surface area contributed by atoms with E-state index < -0.39 is 9.92 Å². The van der Waals surface area contributed by atoms with Crippen molar-refractivity contribution in [1.82, 2.24) is 9.78 Å². The summed E-state index contributed by atoms with van der Waals surface area (Å²) in [5.74, 6) is 0. The summed E-state index contributed by atoms with van der Waals surface area (Å²) in [4.78, 5) is 0. The van der Waals surface area contributed by atoms with Crippen molar-refractivity contribution in [3.63, 3.8) is 0 Å². The van der Waals surface area contributed by atoms with Crippen LogP contribution < -0.4 is 5.14 Å². The lowest BCUT2D eigenvalue weighted by molar-refractivity contribution is 0.264. The number of rotatable bonds is 3. The summed E-state index contributed by atoms with van der Waals surface area (Å²) in [5, 5.41) is 18.1. The predicted molar refractivity (Wildman–Crippen MR) is 51.9 cm³/mol. The van der Waals surface area contributed by atoms with Crippen molar-refractivity contribution in [2.45, 2.75) is 31.5 Å². The zero-order valence-electron chi connectivity index (χ0n) is 8.10. The lowest BCUT2D eigenvalue weighted by Gasteiger charge is -2.08. The first-order valence-corrected chi connectivity index (χ1v) is 5.74. The molecule has 80 valence electrons. The predicted octanol–water partition coefficient (Wildman–Crippen LogP) is 0.236. The number of hydrogen-bond acceptors (Lipinski definition) is 4. The maximum absolute atomic E-state index is 11.2. The molecule has 4 N–H and O–H groups in total. The van der Waals surface area contributed by atoms with E-state index in [1.165, 1.54) is 10.7 Å². The van der Waals surface area contributed by atoms with Gasteiger partial charge in [-0.1, -0.05) is 0 Å². The zero-order valence-corrected chi connectivity index (χ0v) is 8.91. The molecule has 0 aliphatic rings. The van der Waals surface area contributed by atoms with Gasteiger partial charge >= 0.3 is 0 Å². The van der Waals surface area contributed by atoms with Gasteiger partial charge in [0.1, 0.15) is 0 Å². The van der Waals surface area contributed by atoms with Gasteiger partial charge in [0.25, 0.3) is 0 Å². The molecule has 0 saturated heterocycles. The first-order valence-electron chi connectivity index (χ1n) is 4.12. The van der Waals surface area contributed by atoms with Gasteiger partial charge in [-0.2, -0.15) is 5.10 Å². The highest BCUT2D eigenvalue weighted by atomic mass is 32.2. The Balaban J connectivity index is 3.27. The summed E-state index contributed by atoms with van der Waals surface area (Å²) in [7, 11) is -3.29. The van der Waals surface area contributed by atoms with Crippen molar-refractivity contribution < 1.29 is 9.32 Å². The molecule has 7 heteroatoms. The molecule has 6 nitrogen and oxygen atoms in total. The van der Waals surface area contributed by atoms with Gasteiger partial charge in [0.15, 0.2) is 14.9 Å². The number of nitrogens with two attached hydrogens (primary N) is 1. The number of nitrogens with one attached hydrogen (secondary N) is 1. The molecule has 14 heavy (non-hydrogen) atoms. The Hall–Kier alpha value is -0.920. The van der Waals surface area contributed by atoms with Crippen LogP contribution in [0.25, 0.3) is 0 Å². The quantitative estimate of drug-likeness (QED) is 0.676. The number of aliphatic hydroxyl groups is 1. The standard InChI is InChI=1S/C7H14N4O2S/c1-5(2)11-6(4-12)3-7(10-11)14(8,9)13/h3,5,12H,4H2,1-2H3,(H3,8,9,13). The third-order valence-corrected chi connectivity index (χ3v) is 2.57. The van der Waals surface area contributed by atoms with Crippen molar-refractivity contribution in [2.24, 2.45) is 5.14 Å². The summed E-state index contributed by atoms with van der Waals surface area (Å²) in [5.41, 5.74) is 0.514. The van der Waals surface area contributed by atoms with E-state index in [0.717, 1.165) is 0 Å². The SMILES string of the molecule is CC(C)n1nc(S(=N)(N)=O)cc1CO. The van der Waals surface area contributed by atoms with E-state index in [1.54, 1.807) is 0 Å². The van der Waals surface area contributed by atoms with E-state index in [4.69, 9.17) is 15.0 Å². The average Bonchev–Trinajstić information content (AvgIpc) is 2.45. The number of aromatic nitrogens is 2. The lowest BCUT2D eigenvalue weighted by Crippen LogP contribution is -2.12. The van der Waals surface area contributed by atoms with E-state index in [2.05, 4.69) is 5.10 Å². The highest BCUT2D eigenvalue weighted by Gasteiger charge is 2.14. The van der Waals surface area contributed by atoms with Gasteiger partial charge in [0.2, 0.25) is 0 Å². The second-order valence-corrected chi connectivity index (χ2v) is 4.89. The van der Waals surface area contributed by atoms with Gasteiger partial charge in [0.05, 0.1) is 12.3 Å². The molecule has 0 bridgehead atoms. The summed E-state index contributed by atoms with van der Waals surface area (Å²) < 4.78 is 19.8. The van der Waals surface area contributed by atoms with Gasteiger partial charge in [-0.3, -0.25) is 4.68 Å².